The fourth-order valence-corrected chi connectivity index (χ4v) is 3.22. The molecular formula is C17H22FN3O4. The highest BCUT2D eigenvalue weighted by atomic mass is 19.1. The van der Waals surface area contributed by atoms with Gasteiger partial charge in [0.05, 0.1) is 18.9 Å². The minimum Gasteiger partial charge on any atom is -0.394 e. The molecule has 0 amide bonds. The minimum absolute atomic E-state index is 0.365. The zero-order valence-electron chi connectivity index (χ0n) is 13.9. The molecule has 0 aliphatic carbocycles. The Bertz CT molecular complexity index is 711. The van der Waals surface area contributed by atoms with Gasteiger partial charge in [-0.1, -0.05) is 30.7 Å². The second kappa shape index (κ2) is 7.57. The molecule has 0 saturated carbocycles. The van der Waals surface area contributed by atoms with E-state index in [1.54, 1.807) is 18.3 Å². The molecule has 0 spiro atoms. The molecule has 1 aromatic heterocycles. The Morgan fingerprint density at radius 3 is 2.68 bits per heavy atom. The van der Waals surface area contributed by atoms with Gasteiger partial charge in [-0.2, -0.15) is 0 Å². The summed E-state index contributed by atoms with van der Waals surface area (Å²) in [6.45, 7) is 1.59. The van der Waals surface area contributed by atoms with E-state index in [-0.39, 0.29) is 12.4 Å². The highest BCUT2D eigenvalue weighted by molar-refractivity contribution is 5.57. The Kier molecular flexibility index (Phi) is 5.43. The Labute approximate surface area is 144 Å². The molecular weight excluding hydrogens is 329 g/mol. The Hall–Kier alpha value is -1.87. The van der Waals surface area contributed by atoms with Crippen LogP contribution in [0.1, 0.15) is 25.8 Å². The molecule has 0 bridgehead atoms. The number of nitrogens with zero attached hydrogens (tertiary/aromatic N) is 3. The van der Waals surface area contributed by atoms with Crippen LogP contribution in [-0.4, -0.2) is 61.3 Å². The predicted octanol–water partition coefficient (Wildman–Crippen LogP) is 0.907. The van der Waals surface area contributed by atoms with E-state index in [9.17, 15) is 19.7 Å². The maximum absolute atomic E-state index is 13.4. The Morgan fingerprint density at radius 2 is 2.00 bits per heavy atom. The molecule has 1 fully saturated rings. The van der Waals surface area contributed by atoms with Crippen molar-refractivity contribution in [2.45, 2.75) is 50.2 Å². The molecule has 25 heavy (non-hydrogen) atoms. The van der Waals surface area contributed by atoms with Crippen LogP contribution in [0.5, 0.6) is 0 Å². The molecule has 2 heterocycles. The first-order chi connectivity index (χ1) is 12.0. The van der Waals surface area contributed by atoms with Crippen molar-refractivity contribution in [2.75, 3.05) is 6.61 Å². The first-order valence-electron chi connectivity index (χ1n) is 8.35. The molecule has 1 aliphatic heterocycles. The molecule has 2 aromatic rings. The van der Waals surface area contributed by atoms with Crippen molar-refractivity contribution >= 4 is 0 Å². The lowest BCUT2D eigenvalue weighted by Gasteiger charge is -2.42. The van der Waals surface area contributed by atoms with Crippen molar-refractivity contribution in [2.24, 2.45) is 0 Å². The number of benzene rings is 1. The SMILES string of the molecule is CCCC1OC(CO)[C@H](O)[C@H](n2cc(-c3cccc(F)c3)nn2)C1O. The number of halogens is 1. The molecule has 3 unspecified atom stereocenters. The summed E-state index contributed by atoms with van der Waals surface area (Å²) in [6.07, 6.45) is -0.547. The van der Waals surface area contributed by atoms with Gasteiger partial charge in [0.1, 0.15) is 35.9 Å². The number of ether oxygens (including phenoxy) is 1. The molecule has 0 radical (unpaired) electrons. The summed E-state index contributed by atoms with van der Waals surface area (Å²) in [7, 11) is 0. The van der Waals surface area contributed by atoms with Gasteiger partial charge in [0.15, 0.2) is 0 Å². The number of aliphatic hydroxyl groups excluding tert-OH is 3. The normalized spacial score (nSPS) is 29.7. The molecule has 3 N–H and O–H groups in total. The molecule has 3 rings (SSSR count). The molecule has 1 aromatic carbocycles. The van der Waals surface area contributed by atoms with Gasteiger partial charge in [0, 0.05) is 5.56 Å². The number of rotatable bonds is 5. The first kappa shape index (κ1) is 17.9. The second-order valence-electron chi connectivity index (χ2n) is 6.25. The van der Waals surface area contributed by atoms with Gasteiger partial charge in [-0.3, -0.25) is 0 Å². The van der Waals surface area contributed by atoms with Gasteiger partial charge >= 0.3 is 0 Å². The fraction of sp³-hybridized carbons (Fsp3) is 0.529. The van der Waals surface area contributed by atoms with Crippen molar-refractivity contribution in [3.8, 4) is 11.3 Å². The van der Waals surface area contributed by atoms with Crippen molar-refractivity contribution in [1.29, 1.82) is 0 Å². The smallest absolute Gasteiger partial charge is 0.123 e. The summed E-state index contributed by atoms with van der Waals surface area (Å²) >= 11 is 0. The minimum atomic E-state index is -1.14. The van der Waals surface area contributed by atoms with E-state index < -0.39 is 30.5 Å². The third-order valence-corrected chi connectivity index (χ3v) is 4.50. The summed E-state index contributed by atoms with van der Waals surface area (Å²) in [5.41, 5.74) is 0.976. The lowest BCUT2D eigenvalue weighted by atomic mass is 9.90. The molecule has 136 valence electrons. The van der Waals surface area contributed by atoms with Gasteiger partial charge < -0.3 is 20.1 Å². The summed E-state index contributed by atoms with van der Waals surface area (Å²) in [6, 6.07) is 5.13. The highest BCUT2D eigenvalue weighted by Crippen LogP contribution is 2.32. The topological polar surface area (TPSA) is 101 Å². The summed E-state index contributed by atoms with van der Waals surface area (Å²) in [5.74, 6) is -0.387. The van der Waals surface area contributed by atoms with E-state index in [4.69, 9.17) is 4.74 Å². The van der Waals surface area contributed by atoms with Crippen LogP contribution in [0.2, 0.25) is 0 Å². The largest absolute Gasteiger partial charge is 0.394 e. The van der Waals surface area contributed by atoms with Gasteiger partial charge in [-0.15, -0.1) is 5.10 Å². The van der Waals surface area contributed by atoms with E-state index in [1.807, 2.05) is 6.92 Å². The van der Waals surface area contributed by atoms with Gasteiger partial charge in [-0.25, -0.2) is 9.07 Å². The zero-order chi connectivity index (χ0) is 18.0. The van der Waals surface area contributed by atoms with Crippen LogP contribution in [0, 0.1) is 5.82 Å². The van der Waals surface area contributed by atoms with E-state index in [1.165, 1.54) is 16.8 Å². The standard InChI is InChI=1S/C17H22FN3O4/c1-2-4-13-16(23)15(17(24)14(9-22)25-13)21-8-12(19-20-21)10-5-3-6-11(18)7-10/h3,5-8,13-17,22-24H,2,4,9H2,1H3/t13?,14?,15-,16?,17+/m1/s1. The van der Waals surface area contributed by atoms with E-state index in [0.717, 1.165) is 6.42 Å². The third kappa shape index (κ3) is 3.57. The van der Waals surface area contributed by atoms with Crippen molar-refractivity contribution in [3.05, 3.63) is 36.3 Å². The van der Waals surface area contributed by atoms with E-state index >= 15 is 0 Å². The highest BCUT2D eigenvalue weighted by Gasteiger charge is 2.45. The van der Waals surface area contributed by atoms with Crippen molar-refractivity contribution in [1.82, 2.24) is 15.0 Å². The van der Waals surface area contributed by atoms with Gasteiger partial charge in [0.2, 0.25) is 0 Å². The summed E-state index contributed by atoms with van der Waals surface area (Å²) in [4.78, 5) is 0. The molecule has 5 atom stereocenters. The van der Waals surface area contributed by atoms with Crippen LogP contribution in [0.4, 0.5) is 4.39 Å². The van der Waals surface area contributed by atoms with Crippen LogP contribution >= 0.6 is 0 Å². The average Bonchev–Trinajstić information content (AvgIpc) is 3.07. The Morgan fingerprint density at radius 1 is 1.24 bits per heavy atom. The number of hydrogen-bond acceptors (Lipinski definition) is 6. The average molecular weight is 351 g/mol. The van der Waals surface area contributed by atoms with Crippen molar-refractivity contribution < 1.29 is 24.4 Å². The van der Waals surface area contributed by atoms with Crippen LogP contribution in [0.15, 0.2) is 30.5 Å². The molecule has 1 saturated heterocycles. The molecule has 1 aliphatic rings. The fourth-order valence-electron chi connectivity index (χ4n) is 3.22. The van der Waals surface area contributed by atoms with Crippen LogP contribution < -0.4 is 0 Å². The quantitative estimate of drug-likeness (QED) is 0.740. The third-order valence-electron chi connectivity index (χ3n) is 4.50. The van der Waals surface area contributed by atoms with E-state index in [2.05, 4.69) is 10.3 Å². The van der Waals surface area contributed by atoms with E-state index in [0.29, 0.717) is 17.7 Å². The van der Waals surface area contributed by atoms with Crippen molar-refractivity contribution in [3.63, 3.8) is 0 Å². The molecule has 8 heteroatoms. The van der Waals surface area contributed by atoms with Crippen LogP contribution in [0.25, 0.3) is 11.3 Å². The summed E-state index contributed by atoms with van der Waals surface area (Å²) < 4.78 is 20.4. The number of aliphatic hydroxyl groups is 3. The number of aromatic nitrogens is 3. The maximum atomic E-state index is 13.4. The Balaban J connectivity index is 1.90. The second-order valence-corrected chi connectivity index (χ2v) is 6.25. The van der Waals surface area contributed by atoms with Crippen LogP contribution in [-0.2, 0) is 4.74 Å². The predicted molar refractivity (Wildman–Crippen MR) is 87.1 cm³/mol. The monoisotopic (exact) mass is 351 g/mol. The maximum Gasteiger partial charge on any atom is 0.123 e. The summed E-state index contributed by atoms with van der Waals surface area (Å²) in [5, 5.41) is 38.5. The lowest BCUT2D eigenvalue weighted by molar-refractivity contribution is -0.206. The first-order valence-corrected chi connectivity index (χ1v) is 8.35. The van der Waals surface area contributed by atoms with Gasteiger partial charge in [0.25, 0.3) is 0 Å². The lowest BCUT2D eigenvalue weighted by Crippen LogP contribution is -2.55. The number of hydrogen-bond donors (Lipinski definition) is 3. The van der Waals surface area contributed by atoms with Crippen LogP contribution in [0.3, 0.4) is 0 Å². The molecule has 7 nitrogen and oxygen atoms in total. The van der Waals surface area contributed by atoms with Gasteiger partial charge in [-0.05, 0) is 18.6 Å². The zero-order valence-corrected chi connectivity index (χ0v) is 13.9.